The quantitative estimate of drug-likeness (QED) is 0.887. The predicted molar refractivity (Wildman–Crippen MR) is 90.0 cm³/mol. The van der Waals surface area contributed by atoms with Crippen LogP contribution in [-0.4, -0.2) is 30.4 Å². The molecule has 0 saturated heterocycles. The van der Waals surface area contributed by atoms with E-state index in [0.29, 0.717) is 18.7 Å². The van der Waals surface area contributed by atoms with Gasteiger partial charge < -0.3 is 11.1 Å². The van der Waals surface area contributed by atoms with Crippen molar-refractivity contribution in [2.24, 2.45) is 5.73 Å². The first-order valence-corrected chi connectivity index (χ1v) is 8.49. The number of hydrogen-bond donors (Lipinski definition) is 2. The summed E-state index contributed by atoms with van der Waals surface area (Å²) in [4.78, 5) is 16.0. The molecule has 116 valence electrons. The first kappa shape index (κ1) is 15.2. The van der Waals surface area contributed by atoms with Crippen molar-refractivity contribution in [3.8, 4) is 0 Å². The molecule has 0 spiro atoms. The molecule has 2 aromatic rings. The van der Waals surface area contributed by atoms with Gasteiger partial charge in [0.1, 0.15) is 0 Å². The van der Waals surface area contributed by atoms with Gasteiger partial charge in [-0.25, -0.2) is 0 Å². The molecule has 0 unspecified atom stereocenters. The van der Waals surface area contributed by atoms with Crippen molar-refractivity contribution in [1.82, 2.24) is 10.2 Å². The van der Waals surface area contributed by atoms with Gasteiger partial charge in [0.15, 0.2) is 0 Å². The van der Waals surface area contributed by atoms with E-state index < -0.39 is 0 Å². The molecule has 3 N–H and O–H groups in total. The van der Waals surface area contributed by atoms with Gasteiger partial charge in [0.2, 0.25) is 0 Å². The second kappa shape index (κ2) is 7.05. The van der Waals surface area contributed by atoms with Crippen molar-refractivity contribution in [2.45, 2.75) is 19.5 Å². The van der Waals surface area contributed by atoms with Crippen LogP contribution in [0.4, 0.5) is 0 Å². The van der Waals surface area contributed by atoms with E-state index in [1.54, 1.807) is 0 Å². The third-order valence-electron chi connectivity index (χ3n) is 4.05. The molecule has 0 saturated carbocycles. The van der Waals surface area contributed by atoms with Crippen LogP contribution in [0, 0.1) is 0 Å². The van der Waals surface area contributed by atoms with Gasteiger partial charge in [0.05, 0.1) is 0 Å². The molecule has 2 heterocycles. The van der Waals surface area contributed by atoms with Crippen molar-refractivity contribution in [3.63, 3.8) is 0 Å². The number of rotatable bonds is 5. The number of carbonyl (C=O) groups is 1. The molecule has 0 fully saturated rings. The number of nitrogens with zero attached hydrogens (tertiary/aromatic N) is 1. The fraction of sp³-hybridized carbons (Fsp3) is 0.353. The standard InChI is InChI=1S/C17H21N3OS/c18-11-13-1-3-14(4-2-13)17(21)19-7-9-20-8-5-16-15(12-20)6-10-22-16/h1-4,6,10H,5,7-9,11-12,18H2,(H,19,21). The zero-order chi connectivity index (χ0) is 15.4. The van der Waals surface area contributed by atoms with Gasteiger partial charge in [-0.15, -0.1) is 11.3 Å². The Labute approximate surface area is 134 Å². The Balaban J connectivity index is 1.46. The summed E-state index contributed by atoms with van der Waals surface area (Å²) in [6.45, 7) is 4.15. The predicted octanol–water partition coefficient (Wildman–Crippen LogP) is 1.99. The molecule has 1 aliphatic rings. The van der Waals surface area contributed by atoms with E-state index in [0.717, 1.165) is 31.6 Å². The summed E-state index contributed by atoms with van der Waals surface area (Å²) in [7, 11) is 0. The number of carbonyl (C=O) groups excluding carboxylic acids is 1. The molecule has 4 nitrogen and oxygen atoms in total. The summed E-state index contributed by atoms with van der Waals surface area (Å²) in [5, 5.41) is 5.16. The fourth-order valence-electron chi connectivity index (χ4n) is 2.72. The summed E-state index contributed by atoms with van der Waals surface area (Å²) < 4.78 is 0. The van der Waals surface area contributed by atoms with Gasteiger partial charge in [0.25, 0.3) is 5.91 Å². The second-order valence-corrected chi connectivity index (χ2v) is 6.55. The number of amides is 1. The molecule has 1 amide bonds. The Morgan fingerprint density at radius 1 is 1.27 bits per heavy atom. The molecule has 0 aliphatic carbocycles. The van der Waals surface area contributed by atoms with Gasteiger partial charge in [-0.05, 0) is 41.1 Å². The van der Waals surface area contributed by atoms with Gasteiger partial charge in [0, 0.05) is 43.2 Å². The number of nitrogens with two attached hydrogens (primary N) is 1. The van der Waals surface area contributed by atoms with Crippen molar-refractivity contribution in [3.05, 3.63) is 57.3 Å². The van der Waals surface area contributed by atoms with Crippen LogP contribution in [0.25, 0.3) is 0 Å². The molecule has 0 bridgehead atoms. The Morgan fingerprint density at radius 3 is 2.86 bits per heavy atom. The minimum absolute atomic E-state index is 0.0168. The second-order valence-electron chi connectivity index (χ2n) is 5.55. The third-order valence-corrected chi connectivity index (χ3v) is 5.08. The average molecular weight is 315 g/mol. The van der Waals surface area contributed by atoms with Gasteiger partial charge in [-0.2, -0.15) is 0 Å². The van der Waals surface area contributed by atoms with E-state index in [9.17, 15) is 4.79 Å². The highest BCUT2D eigenvalue weighted by molar-refractivity contribution is 7.10. The molecule has 0 radical (unpaired) electrons. The zero-order valence-electron chi connectivity index (χ0n) is 12.5. The lowest BCUT2D eigenvalue weighted by Crippen LogP contribution is -2.37. The lowest BCUT2D eigenvalue weighted by atomic mass is 10.1. The van der Waals surface area contributed by atoms with Crippen LogP contribution in [-0.2, 0) is 19.5 Å². The highest BCUT2D eigenvalue weighted by Crippen LogP contribution is 2.23. The molecule has 22 heavy (non-hydrogen) atoms. The number of thiophene rings is 1. The first-order chi connectivity index (χ1) is 10.8. The van der Waals surface area contributed by atoms with Crippen LogP contribution in [0.1, 0.15) is 26.4 Å². The van der Waals surface area contributed by atoms with E-state index in [1.807, 2.05) is 35.6 Å². The third kappa shape index (κ3) is 3.55. The summed E-state index contributed by atoms with van der Waals surface area (Å²) >= 11 is 1.85. The fourth-order valence-corrected chi connectivity index (χ4v) is 3.61. The van der Waals surface area contributed by atoms with Gasteiger partial charge >= 0.3 is 0 Å². The summed E-state index contributed by atoms with van der Waals surface area (Å²) in [6, 6.07) is 9.67. The SMILES string of the molecule is NCc1ccc(C(=O)NCCN2CCc3sccc3C2)cc1. The monoisotopic (exact) mass is 315 g/mol. The largest absolute Gasteiger partial charge is 0.351 e. The van der Waals surface area contributed by atoms with E-state index >= 15 is 0 Å². The Morgan fingerprint density at radius 2 is 2.09 bits per heavy atom. The van der Waals surface area contributed by atoms with Crippen molar-refractivity contribution >= 4 is 17.2 Å². The zero-order valence-corrected chi connectivity index (χ0v) is 13.4. The van der Waals surface area contributed by atoms with E-state index in [4.69, 9.17) is 5.73 Å². The lowest BCUT2D eigenvalue weighted by Gasteiger charge is -2.26. The topological polar surface area (TPSA) is 58.4 Å². The maximum absolute atomic E-state index is 12.1. The highest BCUT2D eigenvalue weighted by Gasteiger charge is 2.16. The lowest BCUT2D eigenvalue weighted by molar-refractivity contribution is 0.0947. The number of nitrogens with one attached hydrogen (secondary N) is 1. The average Bonchev–Trinajstić information content (AvgIpc) is 3.02. The molecule has 5 heteroatoms. The van der Waals surface area contributed by atoms with E-state index in [-0.39, 0.29) is 5.91 Å². The smallest absolute Gasteiger partial charge is 0.251 e. The summed E-state index contributed by atoms with van der Waals surface area (Å²) in [5.74, 6) is -0.0168. The van der Waals surface area contributed by atoms with Crippen LogP contribution < -0.4 is 11.1 Å². The van der Waals surface area contributed by atoms with Crippen LogP contribution in [0.5, 0.6) is 0 Å². The van der Waals surface area contributed by atoms with Crippen LogP contribution in [0.2, 0.25) is 0 Å². The Bertz CT molecular complexity index is 636. The van der Waals surface area contributed by atoms with Gasteiger partial charge in [-0.3, -0.25) is 9.69 Å². The van der Waals surface area contributed by atoms with Gasteiger partial charge in [-0.1, -0.05) is 12.1 Å². The first-order valence-electron chi connectivity index (χ1n) is 7.61. The van der Waals surface area contributed by atoms with Crippen molar-refractivity contribution in [2.75, 3.05) is 19.6 Å². The van der Waals surface area contributed by atoms with Crippen LogP contribution >= 0.6 is 11.3 Å². The maximum Gasteiger partial charge on any atom is 0.251 e. The maximum atomic E-state index is 12.1. The summed E-state index contributed by atoms with van der Waals surface area (Å²) in [5.41, 5.74) is 8.73. The molecule has 1 aromatic heterocycles. The van der Waals surface area contributed by atoms with E-state index in [1.165, 1.54) is 10.4 Å². The molecule has 1 aliphatic heterocycles. The molecular formula is C17H21N3OS. The number of hydrogen-bond acceptors (Lipinski definition) is 4. The Kier molecular flexibility index (Phi) is 4.87. The summed E-state index contributed by atoms with van der Waals surface area (Å²) in [6.07, 6.45) is 1.13. The molecule has 3 rings (SSSR count). The van der Waals surface area contributed by atoms with Crippen molar-refractivity contribution < 1.29 is 4.79 Å². The Hall–Kier alpha value is -1.69. The van der Waals surface area contributed by atoms with E-state index in [2.05, 4.69) is 21.7 Å². The normalized spacial score (nSPS) is 14.6. The molecule has 1 aromatic carbocycles. The molecular weight excluding hydrogens is 294 g/mol. The van der Waals surface area contributed by atoms with Crippen LogP contribution in [0.3, 0.4) is 0 Å². The number of fused-ring (bicyclic) bond motifs is 1. The van der Waals surface area contributed by atoms with Crippen LogP contribution in [0.15, 0.2) is 35.7 Å². The number of benzene rings is 1. The minimum atomic E-state index is -0.0168. The highest BCUT2D eigenvalue weighted by atomic mass is 32.1. The molecule has 0 atom stereocenters. The minimum Gasteiger partial charge on any atom is -0.351 e. The van der Waals surface area contributed by atoms with Crippen molar-refractivity contribution in [1.29, 1.82) is 0 Å².